The normalized spacial score (nSPS) is 43.2. The number of carbonyl (C=O) groups excluding carboxylic acids is 3. The maximum absolute atomic E-state index is 13.8. The Bertz CT molecular complexity index is 1310. The van der Waals surface area contributed by atoms with E-state index in [0.717, 1.165) is 23.3 Å². The predicted molar refractivity (Wildman–Crippen MR) is 138 cm³/mol. The fourth-order valence-electron chi connectivity index (χ4n) is 9.11. The van der Waals surface area contributed by atoms with Crippen LogP contribution >= 0.6 is 0 Å². The van der Waals surface area contributed by atoms with Crippen LogP contribution in [-0.4, -0.2) is 43.1 Å². The highest BCUT2D eigenvalue weighted by atomic mass is 16.6. The number of hydrogen-bond donors (Lipinski definition) is 0. The molecular formula is C31H38O7. The van der Waals surface area contributed by atoms with Crippen LogP contribution in [0.1, 0.15) is 78.5 Å². The summed E-state index contributed by atoms with van der Waals surface area (Å²) in [6, 6.07) is 2.06. The van der Waals surface area contributed by atoms with Crippen LogP contribution in [0.4, 0.5) is 0 Å². The minimum atomic E-state index is -1.00. The molecule has 2 saturated heterocycles. The van der Waals surface area contributed by atoms with Crippen LogP contribution in [-0.2, 0) is 34.0 Å². The molecule has 0 bridgehead atoms. The molecule has 5 aliphatic rings. The molecule has 0 N–H and O–H groups in total. The van der Waals surface area contributed by atoms with Gasteiger partial charge in [-0.15, -0.1) is 0 Å². The van der Waals surface area contributed by atoms with Crippen LogP contribution in [0, 0.1) is 28.1 Å². The Kier molecular flexibility index (Phi) is 5.19. The van der Waals surface area contributed by atoms with Crippen molar-refractivity contribution in [2.75, 3.05) is 7.11 Å². The Balaban J connectivity index is 1.55. The van der Waals surface area contributed by atoms with E-state index >= 15 is 0 Å². The molecule has 9 atom stereocenters. The molecule has 6 rings (SSSR count). The first-order valence-electron chi connectivity index (χ1n) is 13.7. The van der Waals surface area contributed by atoms with Gasteiger partial charge in [0.1, 0.15) is 18.0 Å². The molecule has 0 unspecified atom stereocenters. The number of hydrogen-bond acceptors (Lipinski definition) is 7. The lowest BCUT2D eigenvalue weighted by atomic mass is 9.42. The minimum Gasteiger partial charge on any atom is -0.469 e. The second-order valence-electron chi connectivity index (χ2n) is 13.6. The van der Waals surface area contributed by atoms with Crippen LogP contribution in [0.2, 0.25) is 0 Å². The van der Waals surface area contributed by atoms with Gasteiger partial charge in [0.2, 0.25) is 0 Å². The Morgan fingerprint density at radius 1 is 1.16 bits per heavy atom. The van der Waals surface area contributed by atoms with Gasteiger partial charge in [-0.1, -0.05) is 46.3 Å². The molecule has 1 aromatic rings. The molecular weight excluding hydrogens is 484 g/mol. The Labute approximate surface area is 223 Å². The lowest BCUT2D eigenvalue weighted by molar-refractivity contribution is -0.190. The predicted octanol–water partition coefficient (Wildman–Crippen LogP) is 5.04. The molecule has 0 radical (unpaired) electrons. The van der Waals surface area contributed by atoms with Gasteiger partial charge in [0.25, 0.3) is 0 Å². The summed E-state index contributed by atoms with van der Waals surface area (Å²) in [5.74, 6) is -0.573. The molecule has 3 fully saturated rings. The zero-order valence-electron chi connectivity index (χ0n) is 23.5. The van der Waals surface area contributed by atoms with Crippen molar-refractivity contribution < 1.29 is 33.0 Å². The van der Waals surface area contributed by atoms with E-state index in [4.69, 9.17) is 18.6 Å². The third kappa shape index (κ3) is 2.91. The standard InChI is InChI=1S/C31H38O7/c1-15-17(16-10-12-36-25(16)28(2,3)4)13-18-22(15)31(7)19(14-21(33)35-8)30(6)20(32)9-11-29(5)24(30)23(26(31)37-18)38-27(29)34/h9-12,17-19,23-24,26H,13-14H2,1-8H3/t17-,18-,19-,23-,24+,26-,29-,30+,31-/m1/s1. The minimum absolute atomic E-state index is 0.0591. The summed E-state index contributed by atoms with van der Waals surface area (Å²) in [4.78, 5) is 40.0. The number of allylic oxidation sites excluding steroid dienone is 2. The van der Waals surface area contributed by atoms with Crippen molar-refractivity contribution in [2.45, 2.75) is 91.0 Å². The van der Waals surface area contributed by atoms with Crippen LogP contribution in [0.3, 0.4) is 0 Å². The number of fused-ring (bicyclic) bond motifs is 4. The Morgan fingerprint density at radius 3 is 2.53 bits per heavy atom. The molecule has 2 aliphatic heterocycles. The van der Waals surface area contributed by atoms with E-state index < -0.39 is 40.3 Å². The smallest absolute Gasteiger partial charge is 0.316 e. The van der Waals surface area contributed by atoms with Crippen molar-refractivity contribution in [1.82, 2.24) is 0 Å². The van der Waals surface area contributed by atoms with Crippen molar-refractivity contribution in [2.24, 2.45) is 28.1 Å². The molecule has 1 aromatic heterocycles. The zero-order chi connectivity index (χ0) is 27.6. The SMILES string of the molecule is COC(=O)C[C@H]1[C@]2(C)C3=C(C)[C@H](c4ccoc4C(C)(C)C)C[C@H]3O[C@@H]2[C@@H]2OC(=O)[C@]3(C)C=CC(=O)[C@@]1(C)[C@@H]23. The zero-order valence-corrected chi connectivity index (χ0v) is 23.5. The largest absolute Gasteiger partial charge is 0.469 e. The molecule has 0 spiro atoms. The van der Waals surface area contributed by atoms with E-state index in [0.29, 0.717) is 0 Å². The highest BCUT2D eigenvalue weighted by Crippen LogP contribution is 2.72. The van der Waals surface area contributed by atoms with Crippen molar-refractivity contribution >= 4 is 17.7 Å². The van der Waals surface area contributed by atoms with Gasteiger partial charge in [-0.25, -0.2) is 0 Å². The maximum atomic E-state index is 13.8. The van der Waals surface area contributed by atoms with E-state index in [1.807, 2.05) is 13.8 Å². The number of furan rings is 1. The summed E-state index contributed by atoms with van der Waals surface area (Å²) in [6.07, 6.45) is 4.56. The van der Waals surface area contributed by atoms with Gasteiger partial charge in [-0.2, -0.15) is 0 Å². The third-order valence-corrected chi connectivity index (χ3v) is 10.7. The molecule has 7 nitrogen and oxygen atoms in total. The Morgan fingerprint density at radius 2 is 1.87 bits per heavy atom. The van der Waals surface area contributed by atoms with Crippen LogP contribution in [0.5, 0.6) is 0 Å². The van der Waals surface area contributed by atoms with E-state index in [1.54, 1.807) is 12.3 Å². The maximum Gasteiger partial charge on any atom is 0.316 e. The monoisotopic (exact) mass is 522 g/mol. The van der Waals surface area contributed by atoms with Crippen LogP contribution in [0.25, 0.3) is 0 Å². The number of rotatable bonds is 3. The van der Waals surface area contributed by atoms with Gasteiger partial charge in [-0.3, -0.25) is 14.4 Å². The first-order chi connectivity index (χ1) is 17.7. The lowest BCUT2D eigenvalue weighted by Crippen LogP contribution is -2.66. The highest BCUT2D eigenvalue weighted by molar-refractivity contribution is 6.00. The molecule has 3 aliphatic carbocycles. The second-order valence-corrected chi connectivity index (χ2v) is 13.6. The second kappa shape index (κ2) is 7.71. The summed E-state index contributed by atoms with van der Waals surface area (Å²) in [5, 5.41) is 0. The summed E-state index contributed by atoms with van der Waals surface area (Å²) >= 11 is 0. The van der Waals surface area contributed by atoms with Crippen LogP contribution in [0.15, 0.2) is 40.0 Å². The van der Waals surface area contributed by atoms with Crippen molar-refractivity contribution in [1.29, 1.82) is 0 Å². The molecule has 38 heavy (non-hydrogen) atoms. The number of ketones is 1. The molecule has 204 valence electrons. The van der Waals surface area contributed by atoms with Gasteiger partial charge in [0, 0.05) is 33.6 Å². The van der Waals surface area contributed by atoms with Gasteiger partial charge >= 0.3 is 11.9 Å². The quantitative estimate of drug-likeness (QED) is 0.406. The van der Waals surface area contributed by atoms with Gasteiger partial charge in [-0.05, 0) is 43.9 Å². The van der Waals surface area contributed by atoms with Crippen LogP contribution < -0.4 is 0 Å². The molecule has 0 amide bonds. The van der Waals surface area contributed by atoms with E-state index in [-0.39, 0.29) is 41.6 Å². The van der Waals surface area contributed by atoms with Crippen molar-refractivity contribution in [3.63, 3.8) is 0 Å². The average molecular weight is 523 g/mol. The number of ether oxygens (including phenoxy) is 3. The lowest BCUT2D eigenvalue weighted by Gasteiger charge is -2.59. The molecule has 0 aromatic carbocycles. The first kappa shape index (κ1) is 25.6. The van der Waals surface area contributed by atoms with E-state index in [9.17, 15) is 14.4 Å². The van der Waals surface area contributed by atoms with Gasteiger partial charge in [0.05, 0.1) is 31.3 Å². The topological polar surface area (TPSA) is 92.0 Å². The number of methoxy groups -OCH3 is 1. The molecule has 7 heteroatoms. The highest BCUT2D eigenvalue weighted by Gasteiger charge is 2.77. The summed E-state index contributed by atoms with van der Waals surface area (Å²) in [6.45, 7) is 14.5. The molecule has 1 saturated carbocycles. The average Bonchev–Trinajstić information content (AvgIpc) is 3.57. The van der Waals surface area contributed by atoms with Gasteiger partial charge < -0.3 is 18.6 Å². The van der Waals surface area contributed by atoms with E-state index in [1.165, 1.54) is 18.8 Å². The first-order valence-corrected chi connectivity index (χ1v) is 13.7. The summed E-state index contributed by atoms with van der Waals surface area (Å²) in [5.41, 5.74) is 0.665. The van der Waals surface area contributed by atoms with E-state index in [2.05, 4.69) is 40.7 Å². The Hall–Kier alpha value is -2.67. The fourth-order valence-corrected chi connectivity index (χ4v) is 9.11. The summed E-state index contributed by atoms with van der Waals surface area (Å²) in [7, 11) is 1.38. The number of carbonyl (C=O) groups is 3. The molecule has 3 heterocycles. The van der Waals surface area contributed by atoms with Gasteiger partial charge in [0.15, 0.2) is 5.78 Å². The summed E-state index contributed by atoms with van der Waals surface area (Å²) < 4.78 is 24.1. The van der Waals surface area contributed by atoms with Crippen molar-refractivity contribution in [3.8, 4) is 0 Å². The number of esters is 2. The fraction of sp³-hybridized carbons (Fsp3) is 0.645. The third-order valence-electron chi connectivity index (χ3n) is 10.7. The van der Waals surface area contributed by atoms with Crippen molar-refractivity contribution in [3.05, 3.63) is 47.0 Å².